The Bertz CT molecular complexity index is 1400. The van der Waals surface area contributed by atoms with Crippen LogP contribution in [-0.4, -0.2) is 41.4 Å². The average molecular weight is 451 g/mol. The van der Waals surface area contributed by atoms with E-state index in [0.717, 1.165) is 4.68 Å². The van der Waals surface area contributed by atoms with Gasteiger partial charge in [-0.3, -0.25) is 0 Å². The van der Waals surface area contributed by atoms with Gasteiger partial charge in [0.15, 0.2) is 5.82 Å². The lowest BCUT2D eigenvalue weighted by molar-refractivity contribution is 0.0519. The third-order valence-electron chi connectivity index (χ3n) is 4.05. The molecule has 0 amide bonds. The fraction of sp³-hybridized carbons (Fsp3) is 0.182. The van der Waals surface area contributed by atoms with Gasteiger partial charge in [0.25, 0.3) is 0 Å². The van der Waals surface area contributed by atoms with Gasteiger partial charge in [-0.2, -0.15) is 9.07 Å². The minimum absolute atomic E-state index is 0.0878. The first-order valence-electron chi connectivity index (χ1n) is 9.45. The summed E-state index contributed by atoms with van der Waals surface area (Å²) in [4.78, 5) is 28.7. The van der Waals surface area contributed by atoms with Crippen molar-refractivity contribution in [2.24, 2.45) is 0 Å². The predicted molar refractivity (Wildman–Crippen MR) is 115 cm³/mol. The van der Waals surface area contributed by atoms with Gasteiger partial charge in [0.2, 0.25) is 11.2 Å². The maximum absolute atomic E-state index is 14.4. The standard InChI is InChI=1S/C22H16ClFN6O2/c1-22(2,3)32-21(31)30-17-7-5-13(12-15(17)18(24)29-30)4-6-14-8-10-25-19(27-14)16-9-11-26-20(23)28-16/h5,7-12H,1-3H3. The number of halogens is 2. The van der Waals surface area contributed by atoms with Crippen molar-refractivity contribution in [3.8, 4) is 23.4 Å². The van der Waals surface area contributed by atoms with Gasteiger partial charge in [-0.25, -0.2) is 24.7 Å². The number of rotatable bonds is 1. The fourth-order valence-corrected chi connectivity index (χ4v) is 2.90. The number of benzene rings is 1. The Morgan fingerprint density at radius 3 is 2.62 bits per heavy atom. The summed E-state index contributed by atoms with van der Waals surface area (Å²) in [5, 5.41) is 3.91. The van der Waals surface area contributed by atoms with Gasteiger partial charge in [-0.15, -0.1) is 5.10 Å². The first-order chi connectivity index (χ1) is 15.2. The molecule has 0 unspecified atom stereocenters. The number of ether oxygens (including phenoxy) is 1. The van der Waals surface area contributed by atoms with Crippen LogP contribution in [0.2, 0.25) is 5.28 Å². The molecule has 0 spiro atoms. The zero-order valence-corrected chi connectivity index (χ0v) is 18.1. The summed E-state index contributed by atoms with van der Waals surface area (Å²) in [5.41, 5.74) is 0.976. The molecular formula is C22H16ClFN6O2. The Morgan fingerprint density at radius 1 is 1.09 bits per heavy atom. The molecule has 3 aromatic heterocycles. The van der Waals surface area contributed by atoms with Gasteiger partial charge < -0.3 is 4.74 Å². The summed E-state index contributed by atoms with van der Waals surface area (Å²) in [6.45, 7) is 5.16. The van der Waals surface area contributed by atoms with Crippen LogP contribution in [-0.2, 0) is 4.74 Å². The maximum Gasteiger partial charge on any atom is 0.435 e. The molecule has 8 nitrogen and oxygen atoms in total. The molecule has 0 fully saturated rings. The monoisotopic (exact) mass is 450 g/mol. The minimum atomic E-state index is -0.792. The predicted octanol–water partition coefficient (Wildman–Crippen LogP) is 4.26. The molecule has 4 aromatic rings. The second-order valence-corrected chi connectivity index (χ2v) is 7.98. The molecule has 0 bridgehead atoms. The Hall–Kier alpha value is -3.90. The van der Waals surface area contributed by atoms with Crippen LogP contribution in [0.3, 0.4) is 0 Å². The Morgan fingerprint density at radius 2 is 1.88 bits per heavy atom. The molecule has 160 valence electrons. The zero-order chi connectivity index (χ0) is 22.9. The minimum Gasteiger partial charge on any atom is -0.442 e. The summed E-state index contributed by atoms with van der Waals surface area (Å²) < 4.78 is 20.6. The van der Waals surface area contributed by atoms with Crippen molar-refractivity contribution in [2.45, 2.75) is 26.4 Å². The highest BCUT2D eigenvalue weighted by Gasteiger charge is 2.22. The van der Waals surface area contributed by atoms with Crippen molar-refractivity contribution in [3.05, 3.63) is 65.2 Å². The second kappa shape index (κ2) is 8.32. The van der Waals surface area contributed by atoms with Crippen LogP contribution in [0.15, 0.2) is 42.7 Å². The molecule has 4 rings (SSSR count). The summed E-state index contributed by atoms with van der Waals surface area (Å²) in [7, 11) is 0. The number of fused-ring (bicyclic) bond motifs is 1. The molecule has 0 N–H and O–H groups in total. The molecule has 3 heterocycles. The number of hydrogen-bond donors (Lipinski definition) is 0. The van der Waals surface area contributed by atoms with Crippen molar-refractivity contribution in [2.75, 3.05) is 0 Å². The van der Waals surface area contributed by atoms with E-state index < -0.39 is 17.6 Å². The van der Waals surface area contributed by atoms with E-state index in [4.69, 9.17) is 16.3 Å². The summed E-state index contributed by atoms with van der Waals surface area (Å²) in [6, 6.07) is 8.01. The van der Waals surface area contributed by atoms with Gasteiger partial charge in [0, 0.05) is 18.0 Å². The Balaban J connectivity index is 1.64. The quantitative estimate of drug-likeness (QED) is 0.316. The second-order valence-electron chi connectivity index (χ2n) is 7.64. The van der Waals surface area contributed by atoms with E-state index in [0.29, 0.717) is 22.8 Å². The lowest BCUT2D eigenvalue weighted by Gasteiger charge is -2.19. The molecule has 0 aliphatic heterocycles. The van der Waals surface area contributed by atoms with Gasteiger partial charge in [-0.05, 0) is 68.6 Å². The van der Waals surface area contributed by atoms with Crippen molar-refractivity contribution < 1.29 is 13.9 Å². The third-order valence-corrected chi connectivity index (χ3v) is 4.23. The van der Waals surface area contributed by atoms with E-state index in [-0.39, 0.29) is 16.2 Å². The molecule has 1 aromatic carbocycles. The van der Waals surface area contributed by atoms with Gasteiger partial charge >= 0.3 is 6.09 Å². The van der Waals surface area contributed by atoms with Crippen LogP contribution >= 0.6 is 11.6 Å². The lowest BCUT2D eigenvalue weighted by Crippen LogP contribution is -2.27. The molecule has 0 atom stereocenters. The van der Waals surface area contributed by atoms with Crippen molar-refractivity contribution >= 4 is 28.6 Å². The lowest BCUT2D eigenvalue weighted by atomic mass is 10.1. The van der Waals surface area contributed by atoms with E-state index >= 15 is 0 Å². The first kappa shape index (κ1) is 21.3. The van der Waals surface area contributed by atoms with Crippen LogP contribution in [0, 0.1) is 17.8 Å². The number of carbonyl (C=O) groups is 1. The van der Waals surface area contributed by atoms with Crippen LogP contribution in [0.4, 0.5) is 9.18 Å². The van der Waals surface area contributed by atoms with Crippen LogP contribution in [0.25, 0.3) is 22.4 Å². The van der Waals surface area contributed by atoms with E-state index in [9.17, 15) is 9.18 Å². The van der Waals surface area contributed by atoms with Crippen LogP contribution in [0.1, 0.15) is 32.0 Å². The van der Waals surface area contributed by atoms with Crippen LogP contribution < -0.4 is 0 Å². The average Bonchev–Trinajstić information content (AvgIpc) is 3.07. The highest BCUT2D eigenvalue weighted by molar-refractivity contribution is 6.28. The molecule has 0 aliphatic carbocycles. The molecule has 0 aliphatic rings. The zero-order valence-electron chi connectivity index (χ0n) is 17.3. The number of carbonyl (C=O) groups excluding carboxylic acids is 1. The highest BCUT2D eigenvalue weighted by atomic mass is 35.5. The molecule has 0 saturated heterocycles. The third kappa shape index (κ3) is 4.71. The molecule has 0 radical (unpaired) electrons. The summed E-state index contributed by atoms with van der Waals surface area (Å²) >= 11 is 5.82. The Labute approximate surface area is 187 Å². The van der Waals surface area contributed by atoms with Crippen molar-refractivity contribution in [1.29, 1.82) is 0 Å². The molecule has 10 heteroatoms. The first-order valence-corrected chi connectivity index (χ1v) is 9.83. The van der Waals surface area contributed by atoms with Crippen molar-refractivity contribution in [3.63, 3.8) is 0 Å². The van der Waals surface area contributed by atoms with E-state index in [1.54, 1.807) is 51.2 Å². The molecule has 0 saturated carbocycles. The van der Waals surface area contributed by atoms with E-state index in [2.05, 4.69) is 36.9 Å². The van der Waals surface area contributed by atoms with E-state index in [1.807, 2.05) is 0 Å². The van der Waals surface area contributed by atoms with Crippen molar-refractivity contribution in [1.82, 2.24) is 29.7 Å². The largest absolute Gasteiger partial charge is 0.442 e. The normalized spacial score (nSPS) is 11.2. The summed E-state index contributed by atoms with van der Waals surface area (Å²) in [6.07, 6.45) is 2.30. The smallest absolute Gasteiger partial charge is 0.435 e. The SMILES string of the molecule is CC(C)(C)OC(=O)n1nc(F)c2cc(C#Cc3ccnc(-c4ccnc(Cl)n4)n3)ccc21. The topological polar surface area (TPSA) is 95.7 Å². The Kier molecular flexibility index (Phi) is 5.55. The number of nitrogens with zero attached hydrogens (tertiary/aromatic N) is 6. The van der Waals surface area contributed by atoms with Gasteiger partial charge in [-0.1, -0.05) is 5.92 Å². The molecule has 32 heavy (non-hydrogen) atoms. The number of hydrogen-bond acceptors (Lipinski definition) is 7. The maximum atomic E-state index is 14.4. The molecular weight excluding hydrogens is 435 g/mol. The van der Waals surface area contributed by atoms with Gasteiger partial charge in [0.05, 0.1) is 10.9 Å². The number of aromatic nitrogens is 6. The fourth-order valence-electron chi connectivity index (χ4n) is 2.75. The van der Waals surface area contributed by atoms with Crippen LogP contribution in [0.5, 0.6) is 0 Å². The van der Waals surface area contributed by atoms with E-state index in [1.165, 1.54) is 12.3 Å². The summed E-state index contributed by atoms with van der Waals surface area (Å²) in [5.74, 6) is 5.40. The highest BCUT2D eigenvalue weighted by Crippen LogP contribution is 2.21. The van der Waals surface area contributed by atoms with Gasteiger partial charge in [0.1, 0.15) is 17.0 Å².